The predicted octanol–water partition coefficient (Wildman–Crippen LogP) is 4.03. The molecule has 0 spiro atoms. The van der Waals surface area contributed by atoms with Crippen molar-refractivity contribution in [3.63, 3.8) is 0 Å². The molecule has 2 aromatic rings. The SMILES string of the molecule is CCC(NC1Cc2ccccc2C1)c1ccc(F)cc1. The minimum Gasteiger partial charge on any atom is -0.307 e. The van der Waals surface area contributed by atoms with Crippen molar-refractivity contribution < 1.29 is 4.39 Å². The second-order valence-electron chi connectivity index (χ2n) is 5.55. The van der Waals surface area contributed by atoms with Gasteiger partial charge in [-0.2, -0.15) is 0 Å². The molecule has 2 heteroatoms. The summed E-state index contributed by atoms with van der Waals surface area (Å²) < 4.78 is 13.0. The van der Waals surface area contributed by atoms with E-state index in [0.717, 1.165) is 19.3 Å². The third-order valence-corrected chi connectivity index (χ3v) is 4.17. The van der Waals surface area contributed by atoms with Crippen LogP contribution < -0.4 is 5.32 Å². The maximum atomic E-state index is 13.0. The highest BCUT2D eigenvalue weighted by molar-refractivity contribution is 5.33. The molecule has 0 aromatic heterocycles. The fourth-order valence-corrected chi connectivity index (χ4v) is 3.11. The molecule has 1 nitrogen and oxygen atoms in total. The first-order chi connectivity index (χ1) is 9.76. The second kappa shape index (κ2) is 5.76. The molecular weight excluding hydrogens is 249 g/mol. The molecule has 1 atom stereocenters. The van der Waals surface area contributed by atoms with Crippen molar-refractivity contribution >= 4 is 0 Å². The number of fused-ring (bicyclic) bond motifs is 1. The Hall–Kier alpha value is -1.67. The van der Waals surface area contributed by atoms with Crippen LogP contribution in [0.3, 0.4) is 0 Å². The van der Waals surface area contributed by atoms with Crippen molar-refractivity contribution in [2.24, 2.45) is 0 Å². The maximum Gasteiger partial charge on any atom is 0.123 e. The van der Waals surface area contributed by atoms with Gasteiger partial charge in [0.25, 0.3) is 0 Å². The molecule has 0 amide bonds. The van der Waals surface area contributed by atoms with Gasteiger partial charge < -0.3 is 5.32 Å². The Bertz CT molecular complexity index is 551. The number of halogens is 1. The van der Waals surface area contributed by atoms with Crippen molar-refractivity contribution in [3.8, 4) is 0 Å². The first-order valence-corrected chi connectivity index (χ1v) is 7.34. The van der Waals surface area contributed by atoms with Gasteiger partial charge in [-0.25, -0.2) is 4.39 Å². The Morgan fingerprint density at radius 2 is 1.65 bits per heavy atom. The van der Waals surface area contributed by atoms with Crippen LogP contribution in [0.15, 0.2) is 48.5 Å². The molecule has 104 valence electrons. The molecule has 0 fully saturated rings. The molecule has 3 rings (SSSR count). The smallest absolute Gasteiger partial charge is 0.123 e. The van der Waals surface area contributed by atoms with Crippen LogP contribution in [0.4, 0.5) is 4.39 Å². The molecule has 2 aromatic carbocycles. The van der Waals surface area contributed by atoms with E-state index >= 15 is 0 Å². The molecule has 1 N–H and O–H groups in total. The molecule has 1 unspecified atom stereocenters. The van der Waals surface area contributed by atoms with Gasteiger partial charge in [-0.05, 0) is 48.1 Å². The third-order valence-electron chi connectivity index (χ3n) is 4.17. The zero-order valence-electron chi connectivity index (χ0n) is 11.8. The van der Waals surface area contributed by atoms with E-state index < -0.39 is 0 Å². The standard InChI is InChI=1S/C18H20FN/c1-2-18(13-7-9-16(19)10-8-13)20-17-11-14-5-3-4-6-15(14)12-17/h3-10,17-18,20H,2,11-12H2,1H3. The highest BCUT2D eigenvalue weighted by Crippen LogP contribution is 2.25. The molecule has 20 heavy (non-hydrogen) atoms. The van der Waals surface area contributed by atoms with Crippen molar-refractivity contribution in [2.75, 3.05) is 0 Å². The molecule has 1 aliphatic rings. The van der Waals surface area contributed by atoms with Gasteiger partial charge in [0.05, 0.1) is 0 Å². The van der Waals surface area contributed by atoms with Crippen LogP contribution in [-0.2, 0) is 12.8 Å². The summed E-state index contributed by atoms with van der Waals surface area (Å²) in [6, 6.07) is 16.3. The fourth-order valence-electron chi connectivity index (χ4n) is 3.11. The molecule has 0 saturated heterocycles. The molecule has 0 aliphatic heterocycles. The van der Waals surface area contributed by atoms with Gasteiger partial charge in [0.1, 0.15) is 5.82 Å². The van der Waals surface area contributed by atoms with Crippen LogP contribution in [0.2, 0.25) is 0 Å². The first kappa shape index (κ1) is 13.3. The van der Waals surface area contributed by atoms with Crippen molar-refractivity contribution in [1.29, 1.82) is 0 Å². The summed E-state index contributed by atoms with van der Waals surface area (Å²) in [5.41, 5.74) is 4.09. The second-order valence-corrected chi connectivity index (χ2v) is 5.55. The third kappa shape index (κ3) is 2.75. The normalized spacial score (nSPS) is 16.1. The van der Waals surface area contributed by atoms with Crippen LogP contribution in [0.1, 0.15) is 36.1 Å². The Morgan fingerprint density at radius 3 is 2.20 bits per heavy atom. The van der Waals surface area contributed by atoms with Gasteiger partial charge in [0, 0.05) is 12.1 Å². The zero-order valence-corrected chi connectivity index (χ0v) is 11.8. The van der Waals surface area contributed by atoms with Gasteiger partial charge >= 0.3 is 0 Å². The van der Waals surface area contributed by atoms with E-state index in [4.69, 9.17) is 0 Å². The van der Waals surface area contributed by atoms with E-state index in [2.05, 4.69) is 36.5 Å². The summed E-state index contributed by atoms with van der Waals surface area (Å²) in [5.74, 6) is -0.170. The average molecular weight is 269 g/mol. The van der Waals surface area contributed by atoms with Gasteiger partial charge in [0.2, 0.25) is 0 Å². The summed E-state index contributed by atoms with van der Waals surface area (Å²) in [6.45, 7) is 2.17. The van der Waals surface area contributed by atoms with E-state index in [1.807, 2.05) is 12.1 Å². The molecule has 1 aliphatic carbocycles. The predicted molar refractivity (Wildman–Crippen MR) is 80.2 cm³/mol. The highest BCUT2D eigenvalue weighted by Gasteiger charge is 2.23. The number of rotatable bonds is 4. The lowest BCUT2D eigenvalue weighted by molar-refractivity contribution is 0.435. The van der Waals surface area contributed by atoms with Gasteiger partial charge in [-0.1, -0.05) is 43.3 Å². The maximum absolute atomic E-state index is 13.0. The summed E-state index contributed by atoms with van der Waals surface area (Å²) in [5, 5.41) is 3.73. The Morgan fingerprint density at radius 1 is 1.05 bits per heavy atom. The number of hydrogen-bond donors (Lipinski definition) is 1. The van der Waals surface area contributed by atoms with Crippen molar-refractivity contribution in [3.05, 3.63) is 71.0 Å². The lowest BCUT2D eigenvalue weighted by Gasteiger charge is -2.22. The van der Waals surface area contributed by atoms with E-state index in [-0.39, 0.29) is 5.82 Å². The van der Waals surface area contributed by atoms with E-state index in [1.54, 1.807) is 12.1 Å². The summed E-state index contributed by atoms with van der Waals surface area (Å²) in [7, 11) is 0. The number of hydrogen-bond acceptors (Lipinski definition) is 1. The van der Waals surface area contributed by atoms with Crippen LogP contribution in [0, 0.1) is 5.82 Å². The lowest BCUT2D eigenvalue weighted by Crippen LogP contribution is -2.33. The molecule has 0 radical (unpaired) electrons. The number of nitrogens with one attached hydrogen (secondary N) is 1. The van der Waals surface area contributed by atoms with E-state index in [1.165, 1.54) is 16.7 Å². The van der Waals surface area contributed by atoms with Gasteiger partial charge in [-0.15, -0.1) is 0 Å². The Kier molecular flexibility index (Phi) is 3.83. The van der Waals surface area contributed by atoms with Gasteiger partial charge in [-0.3, -0.25) is 0 Å². The van der Waals surface area contributed by atoms with Crippen molar-refractivity contribution in [1.82, 2.24) is 5.32 Å². The van der Waals surface area contributed by atoms with Gasteiger partial charge in [0.15, 0.2) is 0 Å². The lowest BCUT2D eigenvalue weighted by atomic mass is 10.0. The Labute approximate surface area is 119 Å². The Balaban J connectivity index is 1.69. The topological polar surface area (TPSA) is 12.0 Å². The fraction of sp³-hybridized carbons (Fsp3) is 0.333. The summed E-state index contributed by atoms with van der Waals surface area (Å²) >= 11 is 0. The molecule has 0 heterocycles. The van der Waals surface area contributed by atoms with Crippen LogP contribution in [0.25, 0.3) is 0 Å². The van der Waals surface area contributed by atoms with E-state index in [0.29, 0.717) is 12.1 Å². The summed E-state index contributed by atoms with van der Waals surface area (Å²) in [6.07, 6.45) is 3.19. The quantitative estimate of drug-likeness (QED) is 0.883. The largest absolute Gasteiger partial charge is 0.307 e. The summed E-state index contributed by atoms with van der Waals surface area (Å²) in [4.78, 5) is 0. The minimum atomic E-state index is -0.170. The highest BCUT2D eigenvalue weighted by atomic mass is 19.1. The van der Waals surface area contributed by atoms with Crippen LogP contribution >= 0.6 is 0 Å². The monoisotopic (exact) mass is 269 g/mol. The van der Waals surface area contributed by atoms with Crippen LogP contribution in [0.5, 0.6) is 0 Å². The zero-order chi connectivity index (χ0) is 13.9. The molecule has 0 saturated carbocycles. The first-order valence-electron chi connectivity index (χ1n) is 7.34. The van der Waals surface area contributed by atoms with Crippen molar-refractivity contribution in [2.45, 2.75) is 38.3 Å². The van der Waals surface area contributed by atoms with Crippen LogP contribution in [-0.4, -0.2) is 6.04 Å². The van der Waals surface area contributed by atoms with E-state index in [9.17, 15) is 4.39 Å². The molecule has 0 bridgehead atoms. The molecular formula is C18H20FN. The minimum absolute atomic E-state index is 0.170. The average Bonchev–Trinajstić information content (AvgIpc) is 2.88. The number of benzene rings is 2.